The number of esters is 1. The van der Waals surface area contributed by atoms with Crippen molar-refractivity contribution in [2.45, 2.75) is 45.4 Å². The fourth-order valence-corrected chi connectivity index (χ4v) is 1.56. The third kappa shape index (κ3) is 4.82. The first kappa shape index (κ1) is 12.0. The lowest BCUT2D eigenvalue weighted by atomic mass is 10.2. The predicted octanol–water partition coefficient (Wildman–Crippen LogP) is 3.39. The minimum atomic E-state index is -0.143. The van der Waals surface area contributed by atoms with Gasteiger partial charge >= 0.3 is 5.97 Å². The highest BCUT2D eigenvalue weighted by molar-refractivity contribution is 5.89. The Morgan fingerprint density at radius 1 is 1.33 bits per heavy atom. The van der Waals surface area contributed by atoms with Crippen molar-refractivity contribution in [1.82, 2.24) is 0 Å². The van der Waals surface area contributed by atoms with E-state index in [2.05, 4.69) is 6.92 Å². The summed E-state index contributed by atoms with van der Waals surface area (Å²) in [7, 11) is 0. The third-order valence-electron chi connectivity index (χ3n) is 2.51. The molecule has 0 saturated carbocycles. The first-order valence-corrected chi connectivity index (χ1v) is 5.87. The van der Waals surface area contributed by atoms with Crippen molar-refractivity contribution in [2.24, 2.45) is 0 Å². The normalized spacial score (nSPS) is 14.1. The lowest BCUT2D eigenvalue weighted by molar-refractivity contribution is -0.139. The summed E-state index contributed by atoms with van der Waals surface area (Å²) in [6, 6.07) is 0. The van der Waals surface area contributed by atoms with E-state index in [0.29, 0.717) is 6.61 Å². The number of ether oxygens (including phenoxy) is 1. The number of carbonyl (C=O) groups is 1. The molecule has 0 saturated heterocycles. The highest BCUT2D eigenvalue weighted by atomic mass is 16.5. The lowest BCUT2D eigenvalue weighted by Crippen LogP contribution is -2.07. The van der Waals surface area contributed by atoms with Gasteiger partial charge in [0.15, 0.2) is 0 Å². The molecule has 15 heavy (non-hydrogen) atoms. The molecule has 0 fully saturated rings. The molecule has 0 N–H and O–H groups in total. The minimum Gasteiger partial charge on any atom is -0.462 e. The van der Waals surface area contributed by atoms with Gasteiger partial charge in [0, 0.05) is 5.57 Å². The maximum Gasteiger partial charge on any atom is 0.334 e. The van der Waals surface area contributed by atoms with Crippen LogP contribution in [0.4, 0.5) is 0 Å². The molecule has 0 aromatic heterocycles. The molecule has 0 radical (unpaired) electrons. The zero-order valence-electron chi connectivity index (χ0n) is 9.50. The second kappa shape index (κ2) is 7.27. The van der Waals surface area contributed by atoms with Gasteiger partial charge in [-0.25, -0.2) is 4.79 Å². The van der Waals surface area contributed by atoms with Gasteiger partial charge in [-0.05, 0) is 12.8 Å². The van der Waals surface area contributed by atoms with Crippen molar-refractivity contribution < 1.29 is 9.53 Å². The van der Waals surface area contributed by atoms with Crippen LogP contribution < -0.4 is 0 Å². The van der Waals surface area contributed by atoms with Crippen LogP contribution in [0.1, 0.15) is 45.4 Å². The van der Waals surface area contributed by atoms with Gasteiger partial charge in [-0.15, -0.1) is 0 Å². The first-order valence-electron chi connectivity index (χ1n) is 5.87. The van der Waals surface area contributed by atoms with Crippen LogP contribution in [0.5, 0.6) is 0 Å². The summed E-state index contributed by atoms with van der Waals surface area (Å²) >= 11 is 0. The Kier molecular flexibility index (Phi) is 5.83. The van der Waals surface area contributed by atoms with Gasteiger partial charge in [-0.3, -0.25) is 0 Å². The Morgan fingerprint density at radius 2 is 2.13 bits per heavy atom. The van der Waals surface area contributed by atoms with Crippen molar-refractivity contribution >= 4 is 5.97 Å². The summed E-state index contributed by atoms with van der Waals surface area (Å²) in [6.45, 7) is 2.76. The van der Waals surface area contributed by atoms with Gasteiger partial charge in [0.05, 0.1) is 6.61 Å². The molecule has 0 atom stereocenters. The SMILES string of the molecule is CCCCCCCOC(=O)C1=CC=CC1. The van der Waals surface area contributed by atoms with Crippen LogP contribution in [-0.4, -0.2) is 12.6 Å². The number of unbranched alkanes of at least 4 members (excludes halogenated alkanes) is 4. The van der Waals surface area contributed by atoms with Crippen molar-refractivity contribution in [3.8, 4) is 0 Å². The molecule has 84 valence electrons. The van der Waals surface area contributed by atoms with E-state index >= 15 is 0 Å². The van der Waals surface area contributed by atoms with E-state index in [-0.39, 0.29) is 5.97 Å². The number of hydrogen-bond acceptors (Lipinski definition) is 2. The zero-order valence-corrected chi connectivity index (χ0v) is 9.50. The van der Waals surface area contributed by atoms with E-state index in [1.165, 1.54) is 25.7 Å². The second-order valence-corrected chi connectivity index (χ2v) is 3.87. The number of rotatable bonds is 7. The van der Waals surface area contributed by atoms with Gasteiger partial charge in [-0.1, -0.05) is 50.8 Å². The fraction of sp³-hybridized carbons (Fsp3) is 0.615. The summed E-state index contributed by atoms with van der Waals surface area (Å²) in [4.78, 5) is 11.4. The molecule has 0 unspecified atom stereocenters. The van der Waals surface area contributed by atoms with Crippen LogP contribution >= 0.6 is 0 Å². The molecule has 1 aliphatic carbocycles. The van der Waals surface area contributed by atoms with Gasteiger partial charge < -0.3 is 4.74 Å². The molecular formula is C13H20O2. The number of hydrogen-bond donors (Lipinski definition) is 0. The van der Waals surface area contributed by atoms with E-state index in [9.17, 15) is 4.79 Å². The van der Waals surface area contributed by atoms with E-state index in [4.69, 9.17) is 4.74 Å². The van der Waals surface area contributed by atoms with Gasteiger partial charge in [0.2, 0.25) is 0 Å². The zero-order chi connectivity index (χ0) is 10.9. The average Bonchev–Trinajstić information content (AvgIpc) is 2.76. The van der Waals surface area contributed by atoms with Crippen LogP contribution in [0.25, 0.3) is 0 Å². The first-order chi connectivity index (χ1) is 7.34. The highest BCUT2D eigenvalue weighted by Crippen LogP contribution is 2.12. The molecule has 0 aliphatic heterocycles. The standard InChI is InChI=1S/C13H20O2/c1-2-3-4-5-8-11-15-13(14)12-9-6-7-10-12/h6-7,9H,2-5,8,10-11H2,1H3. The van der Waals surface area contributed by atoms with Crippen molar-refractivity contribution in [1.29, 1.82) is 0 Å². The van der Waals surface area contributed by atoms with Gasteiger partial charge in [-0.2, -0.15) is 0 Å². The molecule has 0 bridgehead atoms. The molecule has 0 aromatic rings. The van der Waals surface area contributed by atoms with E-state index in [0.717, 1.165) is 18.4 Å². The quantitative estimate of drug-likeness (QED) is 0.473. The molecule has 0 aromatic carbocycles. The molecule has 2 nitrogen and oxygen atoms in total. The molecule has 0 heterocycles. The summed E-state index contributed by atoms with van der Waals surface area (Å²) in [5.41, 5.74) is 0.781. The summed E-state index contributed by atoms with van der Waals surface area (Å²) < 4.78 is 5.16. The Hall–Kier alpha value is -1.05. The average molecular weight is 208 g/mol. The van der Waals surface area contributed by atoms with E-state index in [1.54, 1.807) is 0 Å². The molecule has 1 aliphatic rings. The molecule has 1 rings (SSSR count). The van der Waals surface area contributed by atoms with Crippen molar-refractivity contribution in [3.05, 3.63) is 23.8 Å². The monoisotopic (exact) mass is 208 g/mol. The summed E-state index contributed by atoms with van der Waals surface area (Å²) in [5.74, 6) is -0.143. The van der Waals surface area contributed by atoms with Crippen LogP contribution in [-0.2, 0) is 9.53 Å². The van der Waals surface area contributed by atoms with Crippen molar-refractivity contribution in [3.63, 3.8) is 0 Å². The number of carbonyl (C=O) groups excluding carboxylic acids is 1. The van der Waals surface area contributed by atoms with Crippen LogP contribution in [0, 0.1) is 0 Å². The Labute approximate surface area is 92.0 Å². The Bertz CT molecular complexity index is 251. The minimum absolute atomic E-state index is 0.143. The fourth-order valence-electron chi connectivity index (χ4n) is 1.56. The second-order valence-electron chi connectivity index (χ2n) is 3.87. The Morgan fingerprint density at radius 3 is 2.80 bits per heavy atom. The van der Waals surface area contributed by atoms with Crippen LogP contribution in [0.3, 0.4) is 0 Å². The van der Waals surface area contributed by atoms with Gasteiger partial charge in [0.25, 0.3) is 0 Å². The smallest absolute Gasteiger partial charge is 0.334 e. The van der Waals surface area contributed by atoms with Gasteiger partial charge in [0.1, 0.15) is 0 Å². The largest absolute Gasteiger partial charge is 0.462 e. The molecule has 0 spiro atoms. The molecule has 2 heteroatoms. The van der Waals surface area contributed by atoms with Crippen LogP contribution in [0.2, 0.25) is 0 Å². The summed E-state index contributed by atoms with van der Waals surface area (Å²) in [5, 5.41) is 0. The predicted molar refractivity (Wildman–Crippen MR) is 61.6 cm³/mol. The maximum absolute atomic E-state index is 11.4. The molecule has 0 amide bonds. The lowest BCUT2D eigenvalue weighted by Gasteiger charge is -2.04. The maximum atomic E-state index is 11.4. The highest BCUT2D eigenvalue weighted by Gasteiger charge is 2.10. The van der Waals surface area contributed by atoms with Crippen molar-refractivity contribution in [2.75, 3.05) is 6.61 Å². The third-order valence-corrected chi connectivity index (χ3v) is 2.51. The number of allylic oxidation sites excluding steroid dienone is 3. The van der Waals surface area contributed by atoms with Crippen LogP contribution in [0.15, 0.2) is 23.8 Å². The Balaban J connectivity index is 1.98. The van der Waals surface area contributed by atoms with E-state index < -0.39 is 0 Å². The topological polar surface area (TPSA) is 26.3 Å². The summed E-state index contributed by atoms with van der Waals surface area (Å²) in [6.07, 6.45) is 12.4. The molecular weight excluding hydrogens is 188 g/mol. The van der Waals surface area contributed by atoms with E-state index in [1.807, 2.05) is 18.2 Å².